The minimum Gasteiger partial charge on any atom is -0.483 e. The maximum absolute atomic E-state index is 6.06. The highest BCUT2D eigenvalue weighted by molar-refractivity contribution is 7.09. The Morgan fingerprint density at radius 1 is 1.33 bits per heavy atom. The second-order valence-electron chi connectivity index (χ2n) is 6.30. The van der Waals surface area contributed by atoms with Crippen molar-refractivity contribution in [2.45, 2.75) is 52.0 Å². The van der Waals surface area contributed by atoms with Crippen LogP contribution in [0.4, 0.5) is 0 Å². The maximum Gasteiger partial charge on any atom is 0.147 e. The summed E-state index contributed by atoms with van der Waals surface area (Å²) in [7, 11) is 0. The fourth-order valence-electron chi connectivity index (χ4n) is 2.06. The molecule has 1 heterocycles. The largest absolute Gasteiger partial charge is 0.483 e. The first-order valence-corrected chi connectivity index (χ1v) is 8.50. The van der Waals surface area contributed by atoms with Crippen LogP contribution in [0.25, 0.3) is 0 Å². The molecule has 0 fully saturated rings. The zero-order valence-corrected chi connectivity index (χ0v) is 14.8. The molecule has 2 aromatic rings. The molecular formula is C17H22ClNOS. The summed E-state index contributed by atoms with van der Waals surface area (Å²) < 4.78 is 6.06. The number of hydrogen-bond acceptors (Lipinski definition) is 3. The van der Waals surface area contributed by atoms with Crippen molar-refractivity contribution in [3.8, 4) is 5.75 Å². The molecule has 2 rings (SSSR count). The smallest absolute Gasteiger partial charge is 0.147 e. The molecule has 0 spiro atoms. The molecule has 0 aliphatic heterocycles. The third kappa shape index (κ3) is 3.98. The van der Waals surface area contributed by atoms with E-state index in [1.165, 1.54) is 5.56 Å². The SMILES string of the molecule is Cc1cc(C(C)(C)C)ccc1OC(C)c1nc(CCl)cs1. The summed E-state index contributed by atoms with van der Waals surface area (Å²) in [6, 6.07) is 6.40. The number of hydrogen-bond donors (Lipinski definition) is 0. The first-order valence-electron chi connectivity index (χ1n) is 7.09. The van der Waals surface area contributed by atoms with Gasteiger partial charge in [0.05, 0.1) is 11.6 Å². The fourth-order valence-corrected chi connectivity index (χ4v) is 3.09. The van der Waals surface area contributed by atoms with Crippen molar-refractivity contribution < 1.29 is 4.74 Å². The average Bonchev–Trinajstić information content (AvgIpc) is 2.88. The summed E-state index contributed by atoms with van der Waals surface area (Å²) in [6.07, 6.45) is -0.0637. The van der Waals surface area contributed by atoms with E-state index in [2.05, 4.69) is 50.9 Å². The number of aromatic nitrogens is 1. The van der Waals surface area contributed by atoms with E-state index < -0.39 is 0 Å². The summed E-state index contributed by atoms with van der Waals surface area (Å²) in [5, 5.41) is 2.95. The van der Waals surface area contributed by atoms with Crippen LogP contribution in [0, 0.1) is 6.92 Å². The number of ether oxygens (including phenoxy) is 1. The van der Waals surface area contributed by atoms with Gasteiger partial charge >= 0.3 is 0 Å². The van der Waals surface area contributed by atoms with Gasteiger partial charge in [0.15, 0.2) is 0 Å². The molecule has 2 nitrogen and oxygen atoms in total. The molecule has 1 aromatic carbocycles. The molecule has 21 heavy (non-hydrogen) atoms. The number of rotatable bonds is 4. The quantitative estimate of drug-likeness (QED) is 0.680. The van der Waals surface area contributed by atoms with Crippen molar-refractivity contribution in [3.63, 3.8) is 0 Å². The minimum absolute atomic E-state index is 0.0637. The summed E-state index contributed by atoms with van der Waals surface area (Å²) >= 11 is 7.39. The Labute approximate surface area is 136 Å². The van der Waals surface area contributed by atoms with E-state index in [0.717, 1.165) is 22.0 Å². The Bertz CT molecular complexity index is 615. The maximum atomic E-state index is 6.06. The van der Waals surface area contributed by atoms with Crippen LogP contribution in [0.3, 0.4) is 0 Å². The van der Waals surface area contributed by atoms with Gasteiger partial charge in [-0.3, -0.25) is 0 Å². The van der Waals surface area contributed by atoms with E-state index in [-0.39, 0.29) is 11.5 Å². The lowest BCUT2D eigenvalue weighted by Crippen LogP contribution is -2.11. The second-order valence-corrected chi connectivity index (χ2v) is 7.46. The lowest BCUT2D eigenvalue weighted by molar-refractivity contribution is 0.224. The van der Waals surface area contributed by atoms with E-state index >= 15 is 0 Å². The van der Waals surface area contributed by atoms with Crippen molar-refractivity contribution in [2.24, 2.45) is 0 Å². The molecule has 0 aliphatic rings. The monoisotopic (exact) mass is 323 g/mol. The lowest BCUT2D eigenvalue weighted by Gasteiger charge is -2.21. The van der Waals surface area contributed by atoms with Crippen LogP contribution in [0.2, 0.25) is 0 Å². The Balaban J connectivity index is 2.16. The van der Waals surface area contributed by atoms with E-state index in [4.69, 9.17) is 16.3 Å². The number of thiazole rings is 1. The van der Waals surface area contributed by atoms with Crippen LogP contribution < -0.4 is 4.74 Å². The molecule has 0 radical (unpaired) electrons. The van der Waals surface area contributed by atoms with E-state index in [1.807, 2.05) is 12.3 Å². The summed E-state index contributed by atoms with van der Waals surface area (Å²) in [5.41, 5.74) is 3.54. The van der Waals surface area contributed by atoms with Crippen LogP contribution in [0.15, 0.2) is 23.6 Å². The molecule has 0 N–H and O–H groups in total. The van der Waals surface area contributed by atoms with Gasteiger partial charge in [-0.05, 0) is 36.5 Å². The van der Waals surface area contributed by atoms with Crippen LogP contribution >= 0.6 is 22.9 Å². The molecule has 0 aliphatic carbocycles. The molecule has 1 atom stereocenters. The van der Waals surface area contributed by atoms with Crippen LogP contribution in [-0.2, 0) is 11.3 Å². The van der Waals surface area contributed by atoms with Crippen molar-refractivity contribution in [3.05, 3.63) is 45.4 Å². The summed E-state index contributed by atoms with van der Waals surface area (Å²) in [4.78, 5) is 4.47. The average molecular weight is 324 g/mol. The van der Waals surface area contributed by atoms with Gasteiger partial charge in [-0.2, -0.15) is 0 Å². The number of benzene rings is 1. The number of aryl methyl sites for hydroxylation is 1. The first-order chi connectivity index (χ1) is 9.81. The zero-order chi connectivity index (χ0) is 15.6. The van der Waals surface area contributed by atoms with Gasteiger partial charge in [0, 0.05) is 5.38 Å². The van der Waals surface area contributed by atoms with Gasteiger partial charge in [0.1, 0.15) is 16.9 Å². The topological polar surface area (TPSA) is 22.1 Å². The van der Waals surface area contributed by atoms with Gasteiger partial charge in [0.25, 0.3) is 0 Å². The molecule has 4 heteroatoms. The van der Waals surface area contributed by atoms with Gasteiger partial charge < -0.3 is 4.74 Å². The third-order valence-corrected chi connectivity index (χ3v) is 4.73. The summed E-state index contributed by atoms with van der Waals surface area (Å²) in [6.45, 7) is 10.8. The Morgan fingerprint density at radius 2 is 2.05 bits per heavy atom. The molecule has 1 unspecified atom stereocenters. The predicted molar refractivity (Wildman–Crippen MR) is 90.6 cm³/mol. The van der Waals surface area contributed by atoms with Gasteiger partial charge in [-0.1, -0.05) is 32.9 Å². The second kappa shape index (κ2) is 6.37. The fraction of sp³-hybridized carbons (Fsp3) is 0.471. The Kier molecular flexibility index (Phi) is 4.95. The normalized spacial score (nSPS) is 13.2. The molecule has 114 valence electrons. The highest BCUT2D eigenvalue weighted by Gasteiger charge is 2.17. The van der Waals surface area contributed by atoms with Crippen LogP contribution in [-0.4, -0.2) is 4.98 Å². The minimum atomic E-state index is -0.0637. The lowest BCUT2D eigenvalue weighted by atomic mass is 9.86. The standard InChI is InChI=1S/C17H22ClNOS/c1-11-8-13(17(3,4)5)6-7-15(11)20-12(2)16-19-14(9-18)10-21-16/h6-8,10,12H,9H2,1-5H3. The van der Waals surface area contributed by atoms with E-state index in [1.54, 1.807) is 11.3 Å². The van der Waals surface area contributed by atoms with Crippen molar-refractivity contribution in [2.75, 3.05) is 0 Å². The van der Waals surface area contributed by atoms with Gasteiger partial charge in [0.2, 0.25) is 0 Å². The number of alkyl halides is 1. The first kappa shape index (κ1) is 16.3. The third-order valence-electron chi connectivity index (χ3n) is 3.40. The van der Waals surface area contributed by atoms with Crippen molar-refractivity contribution >= 4 is 22.9 Å². The predicted octanol–water partition coefficient (Wildman–Crippen LogP) is 5.63. The zero-order valence-electron chi connectivity index (χ0n) is 13.2. The number of halogens is 1. The van der Waals surface area contributed by atoms with Crippen LogP contribution in [0.5, 0.6) is 5.75 Å². The summed E-state index contributed by atoms with van der Waals surface area (Å²) in [5.74, 6) is 1.36. The highest BCUT2D eigenvalue weighted by Crippen LogP contribution is 2.31. The molecule has 0 saturated carbocycles. The molecule has 0 amide bonds. The highest BCUT2D eigenvalue weighted by atomic mass is 35.5. The van der Waals surface area contributed by atoms with Crippen LogP contribution in [0.1, 0.15) is 55.6 Å². The number of nitrogens with zero attached hydrogens (tertiary/aromatic N) is 1. The molecule has 0 saturated heterocycles. The van der Waals surface area contributed by atoms with Crippen molar-refractivity contribution in [1.82, 2.24) is 4.98 Å². The van der Waals surface area contributed by atoms with Gasteiger partial charge in [-0.15, -0.1) is 22.9 Å². The molecule has 1 aromatic heterocycles. The van der Waals surface area contributed by atoms with Crippen molar-refractivity contribution in [1.29, 1.82) is 0 Å². The molecule has 0 bridgehead atoms. The van der Waals surface area contributed by atoms with Gasteiger partial charge in [-0.25, -0.2) is 4.98 Å². The Hall–Kier alpha value is -1.06. The molecular weight excluding hydrogens is 302 g/mol. The van der Waals surface area contributed by atoms with E-state index in [0.29, 0.717) is 5.88 Å². The Morgan fingerprint density at radius 3 is 2.57 bits per heavy atom. The van der Waals surface area contributed by atoms with E-state index in [9.17, 15) is 0 Å².